The fraction of sp³-hybridized carbons (Fsp3) is 0.545. The lowest BCUT2D eigenvalue weighted by Gasteiger charge is -2.14. The standard InChI is InChI=1S/C11H19N4OSi/c1-16-15-11(10-7-12-9-13-8-10)14-5-6-17(2,3)4/h7-8H,5-6H2,1-4H3,(H,14,15). The molecule has 0 unspecified atom stereocenters. The minimum Gasteiger partial charge on any atom is -0.278 e. The highest BCUT2D eigenvalue weighted by molar-refractivity contribution is 6.76. The average Bonchev–Trinajstić information content (AvgIpc) is 2.27. The van der Waals surface area contributed by atoms with Crippen molar-refractivity contribution in [3.63, 3.8) is 0 Å². The SMILES string of the molecule is CONC(=NCC[Si](C)(C)C)c1cn[c]nc1. The lowest BCUT2D eigenvalue weighted by molar-refractivity contribution is 0.144. The van der Waals surface area contributed by atoms with Crippen molar-refractivity contribution in [3.8, 4) is 0 Å². The van der Waals surface area contributed by atoms with Crippen LogP contribution in [0.4, 0.5) is 0 Å². The Labute approximate surface area is 103 Å². The van der Waals surface area contributed by atoms with Crippen molar-refractivity contribution in [2.75, 3.05) is 13.7 Å². The predicted molar refractivity (Wildman–Crippen MR) is 70.6 cm³/mol. The van der Waals surface area contributed by atoms with Crippen LogP contribution in [-0.2, 0) is 4.84 Å². The van der Waals surface area contributed by atoms with E-state index in [4.69, 9.17) is 4.84 Å². The molecule has 1 aromatic rings. The van der Waals surface area contributed by atoms with Crippen LogP contribution >= 0.6 is 0 Å². The van der Waals surface area contributed by atoms with Gasteiger partial charge in [0.25, 0.3) is 0 Å². The van der Waals surface area contributed by atoms with E-state index in [0.29, 0.717) is 5.84 Å². The topological polar surface area (TPSA) is 59.4 Å². The maximum atomic E-state index is 4.91. The summed E-state index contributed by atoms with van der Waals surface area (Å²) in [5.41, 5.74) is 3.56. The number of hydrogen-bond acceptors (Lipinski definition) is 4. The van der Waals surface area contributed by atoms with Crippen LogP contribution in [0.2, 0.25) is 25.7 Å². The molecule has 1 aromatic heterocycles. The smallest absolute Gasteiger partial charge is 0.197 e. The Morgan fingerprint density at radius 2 is 2.06 bits per heavy atom. The van der Waals surface area contributed by atoms with Crippen molar-refractivity contribution < 1.29 is 4.84 Å². The van der Waals surface area contributed by atoms with Gasteiger partial charge in [0.1, 0.15) is 0 Å². The number of aliphatic imine (C=N–C) groups is 1. The molecule has 1 radical (unpaired) electrons. The Morgan fingerprint density at radius 1 is 1.41 bits per heavy atom. The molecule has 93 valence electrons. The van der Waals surface area contributed by atoms with E-state index < -0.39 is 8.07 Å². The zero-order valence-corrected chi connectivity index (χ0v) is 11.8. The summed E-state index contributed by atoms with van der Waals surface area (Å²) in [5.74, 6) is 0.666. The van der Waals surface area contributed by atoms with Crippen molar-refractivity contribution in [1.82, 2.24) is 15.4 Å². The first-order valence-electron chi connectivity index (χ1n) is 5.55. The van der Waals surface area contributed by atoms with Gasteiger partial charge in [-0.25, -0.2) is 15.4 Å². The number of hydrogen-bond donors (Lipinski definition) is 1. The van der Waals surface area contributed by atoms with Crippen molar-refractivity contribution in [1.29, 1.82) is 0 Å². The molecule has 0 aliphatic heterocycles. The maximum Gasteiger partial charge on any atom is 0.197 e. The Hall–Kier alpha value is -1.27. The second-order valence-electron chi connectivity index (χ2n) is 4.92. The third-order valence-corrected chi connectivity index (χ3v) is 3.85. The Bertz CT molecular complexity index is 361. The largest absolute Gasteiger partial charge is 0.278 e. The first kappa shape index (κ1) is 13.8. The van der Waals surface area contributed by atoms with Gasteiger partial charge in [0.05, 0.1) is 12.7 Å². The molecule has 0 bridgehead atoms. The molecule has 0 saturated carbocycles. The summed E-state index contributed by atoms with van der Waals surface area (Å²) in [5, 5.41) is 0. The van der Waals surface area contributed by atoms with Crippen molar-refractivity contribution in [3.05, 3.63) is 24.3 Å². The van der Waals surface area contributed by atoms with Gasteiger partial charge in [-0.05, 0) is 6.04 Å². The van der Waals surface area contributed by atoms with Gasteiger partial charge in [0.15, 0.2) is 12.2 Å². The number of amidine groups is 1. The van der Waals surface area contributed by atoms with Crippen molar-refractivity contribution >= 4 is 13.9 Å². The number of aromatic nitrogens is 2. The molecular weight excluding hydrogens is 232 g/mol. The molecule has 0 fully saturated rings. The lowest BCUT2D eigenvalue weighted by atomic mass is 10.3. The average molecular weight is 251 g/mol. The Morgan fingerprint density at radius 3 is 2.59 bits per heavy atom. The van der Waals surface area contributed by atoms with E-state index in [9.17, 15) is 0 Å². The van der Waals surface area contributed by atoms with Crippen LogP contribution in [0, 0.1) is 6.33 Å². The highest BCUT2D eigenvalue weighted by Crippen LogP contribution is 2.08. The number of nitrogens with zero attached hydrogens (tertiary/aromatic N) is 3. The fourth-order valence-corrected chi connectivity index (χ4v) is 1.95. The lowest BCUT2D eigenvalue weighted by Crippen LogP contribution is -2.25. The summed E-state index contributed by atoms with van der Waals surface area (Å²) in [7, 11) is 0.498. The summed E-state index contributed by atoms with van der Waals surface area (Å²) in [4.78, 5) is 17.1. The highest BCUT2D eigenvalue weighted by Gasteiger charge is 2.12. The third-order valence-electron chi connectivity index (χ3n) is 2.13. The Balaban J connectivity index is 2.69. The molecule has 6 heteroatoms. The second-order valence-corrected chi connectivity index (χ2v) is 10.5. The van der Waals surface area contributed by atoms with Gasteiger partial charge in [-0.2, -0.15) is 0 Å². The van der Waals surface area contributed by atoms with Gasteiger partial charge in [0, 0.05) is 27.0 Å². The zero-order valence-electron chi connectivity index (χ0n) is 10.8. The van der Waals surface area contributed by atoms with Crippen LogP contribution < -0.4 is 5.48 Å². The van der Waals surface area contributed by atoms with E-state index >= 15 is 0 Å². The van der Waals surface area contributed by atoms with Gasteiger partial charge in [-0.3, -0.25) is 9.83 Å². The van der Waals surface area contributed by atoms with Gasteiger partial charge in [-0.1, -0.05) is 19.6 Å². The normalized spacial score (nSPS) is 12.6. The summed E-state index contributed by atoms with van der Waals surface area (Å²) in [6, 6.07) is 1.14. The van der Waals surface area contributed by atoms with Gasteiger partial charge < -0.3 is 0 Å². The summed E-state index contributed by atoms with van der Waals surface area (Å²) in [6.45, 7) is 7.77. The number of nitrogens with one attached hydrogen (secondary N) is 1. The molecule has 1 N–H and O–H groups in total. The molecule has 1 rings (SSSR count). The molecular formula is C11H19N4OSi. The fourth-order valence-electron chi connectivity index (χ4n) is 1.17. The second kappa shape index (κ2) is 6.46. The number of rotatable bonds is 5. The predicted octanol–water partition coefficient (Wildman–Crippen LogP) is 1.51. The first-order chi connectivity index (χ1) is 8.03. The Kier molecular flexibility index (Phi) is 5.24. The van der Waals surface area contributed by atoms with Crippen molar-refractivity contribution in [2.45, 2.75) is 25.7 Å². The van der Waals surface area contributed by atoms with Gasteiger partial charge >= 0.3 is 0 Å². The highest BCUT2D eigenvalue weighted by atomic mass is 28.3. The minimum atomic E-state index is -1.06. The first-order valence-corrected chi connectivity index (χ1v) is 9.25. The van der Waals surface area contributed by atoms with Crippen molar-refractivity contribution in [2.24, 2.45) is 4.99 Å². The van der Waals surface area contributed by atoms with E-state index in [1.807, 2.05) is 0 Å². The van der Waals surface area contributed by atoms with Crippen LogP contribution in [0.5, 0.6) is 0 Å². The van der Waals surface area contributed by atoms with Crippen LogP contribution in [-0.4, -0.2) is 37.5 Å². The van der Waals surface area contributed by atoms with E-state index in [2.05, 4.69) is 46.4 Å². The number of hydroxylamine groups is 1. The molecule has 17 heavy (non-hydrogen) atoms. The monoisotopic (exact) mass is 251 g/mol. The molecule has 0 aliphatic rings. The van der Waals surface area contributed by atoms with Crippen LogP contribution in [0.1, 0.15) is 5.56 Å². The van der Waals surface area contributed by atoms with E-state index in [-0.39, 0.29) is 0 Å². The van der Waals surface area contributed by atoms with Gasteiger partial charge in [0.2, 0.25) is 0 Å². The molecule has 0 saturated heterocycles. The van der Waals surface area contributed by atoms with Crippen LogP contribution in [0.15, 0.2) is 17.4 Å². The summed E-state index contributed by atoms with van der Waals surface area (Å²) in [6.07, 6.45) is 5.81. The van der Waals surface area contributed by atoms with E-state index in [1.54, 1.807) is 19.5 Å². The van der Waals surface area contributed by atoms with E-state index in [1.165, 1.54) is 0 Å². The molecule has 5 nitrogen and oxygen atoms in total. The molecule has 1 heterocycles. The maximum absolute atomic E-state index is 4.91. The summed E-state index contributed by atoms with van der Waals surface area (Å²) < 4.78 is 0. The van der Waals surface area contributed by atoms with Crippen LogP contribution in [0.3, 0.4) is 0 Å². The van der Waals surface area contributed by atoms with Gasteiger partial charge in [-0.15, -0.1) is 0 Å². The van der Waals surface area contributed by atoms with E-state index in [0.717, 1.165) is 18.2 Å². The molecule has 0 amide bonds. The molecule has 0 atom stereocenters. The summed E-state index contributed by atoms with van der Waals surface area (Å²) >= 11 is 0. The third kappa shape index (κ3) is 5.55. The van der Waals surface area contributed by atoms with Crippen LogP contribution in [0.25, 0.3) is 0 Å². The molecule has 0 aromatic carbocycles. The zero-order chi connectivity index (χ0) is 12.7. The molecule has 0 aliphatic carbocycles. The minimum absolute atomic E-state index is 0.666. The molecule has 0 spiro atoms. The quantitative estimate of drug-likeness (QED) is 0.373.